The standard InChI is InChI=1S/C17H22F3NO3/c1-16(2,3)24-15(22)21-9-8-12(10-21)11-23-14-7-5-4-6-13(14)17(18,19)20/h4-7,12H,8-11H2,1-3H3/t12-/m0/s1. The number of likely N-dealkylation sites (tertiary alicyclic amines) is 1. The highest BCUT2D eigenvalue weighted by Crippen LogP contribution is 2.36. The molecule has 0 saturated carbocycles. The lowest BCUT2D eigenvalue weighted by Crippen LogP contribution is -2.35. The third-order valence-corrected chi connectivity index (χ3v) is 3.60. The first-order valence-electron chi connectivity index (χ1n) is 7.83. The number of hydrogen-bond donors (Lipinski definition) is 0. The quantitative estimate of drug-likeness (QED) is 0.818. The number of para-hydroxylation sites is 1. The highest BCUT2D eigenvalue weighted by Gasteiger charge is 2.35. The minimum atomic E-state index is -4.45. The van der Waals surface area contributed by atoms with Crippen molar-refractivity contribution in [1.29, 1.82) is 0 Å². The van der Waals surface area contributed by atoms with Crippen LogP contribution >= 0.6 is 0 Å². The van der Waals surface area contributed by atoms with Crippen molar-refractivity contribution in [3.05, 3.63) is 29.8 Å². The average Bonchev–Trinajstić information content (AvgIpc) is 2.91. The predicted octanol–water partition coefficient (Wildman–Crippen LogP) is 4.34. The van der Waals surface area contributed by atoms with Crippen LogP contribution in [0.15, 0.2) is 24.3 Å². The van der Waals surface area contributed by atoms with Gasteiger partial charge < -0.3 is 14.4 Å². The third-order valence-electron chi connectivity index (χ3n) is 3.60. The lowest BCUT2D eigenvalue weighted by atomic mass is 10.1. The van der Waals surface area contributed by atoms with Gasteiger partial charge in [0.15, 0.2) is 0 Å². The second-order valence-electron chi connectivity index (χ2n) is 6.89. The highest BCUT2D eigenvalue weighted by molar-refractivity contribution is 5.68. The van der Waals surface area contributed by atoms with Crippen LogP contribution in [-0.4, -0.2) is 36.3 Å². The Hall–Kier alpha value is -1.92. The number of halogens is 3. The second kappa shape index (κ2) is 6.91. The predicted molar refractivity (Wildman–Crippen MR) is 82.9 cm³/mol. The summed E-state index contributed by atoms with van der Waals surface area (Å²) in [5, 5.41) is 0. The van der Waals surface area contributed by atoms with E-state index >= 15 is 0 Å². The Kier molecular flexibility index (Phi) is 5.30. The largest absolute Gasteiger partial charge is 0.493 e. The zero-order chi connectivity index (χ0) is 18.0. The number of ether oxygens (including phenoxy) is 2. The van der Waals surface area contributed by atoms with E-state index in [1.165, 1.54) is 18.2 Å². The maximum absolute atomic E-state index is 12.9. The van der Waals surface area contributed by atoms with Crippen LogP contribution in [-0.2, 0) is 10.9 Å². The molecule has 2 rings (SSSR count). The Balaban J connectivity index is 1.90. The lowest BCUT2D eigenvalue weighted by Gasteiger charge is -2.24. The van der Waals surface area contributed by atoms with Gasteiger partial charge in [-0.3, -0.25) is 0 Å². The fourth-order valence-corrected chi connectivity index (χ4v) is 2.50. The molecule has 0 unspecified atom stereocenters. The Morgan fingerprint density at radius 3 is 2.54 bits per heavy atom. The molecule has 1 aromatic carbocycles. The van der Waals surface area contributed by atoms with Crippen LogP contribution in [0.5, 0.6) is 5.75 Å². The van der Waals surface area contributed by atoms with E-state index in [-0.39, 0.29) is 18.3 Å². The molecule has 4 nitrogen and oxygen atoms in total. The molecule has 1 atom stereocenters. The highest BCUT2D eigenvalue weighted by atomic mass is 19.4. The van der Waals surface area contributed by atoms with Crippen molar-refractivity contribution in [3.8, 4) is 5.75 Å². The summed E-state index contributed by atoms with van der Waals surface area (Å²) in [5.74, 6) is -0.195. The van der Waals surface area contributed by atoms with E-state index in [4.69, 9.17) is 9.47 Å². The first-order valence-corrected chi connectivity index (χ1v) is 7.83. The normalized spacial score (nSPS) is 18.6. The van der Waals surface area contributed by atoms with Gasteiger partial charge in [-0.1, -0.05) is 12.1 Å². The fraction of sp³-hybridized carbons (Fsp3) is 0.588. The Morgan fingerprint density at radius 1 is 1.25 bits per heavy atom. The molecular weight excluding hydrogens is 323 g/mol. The number of rotatable bonds is 3. The lowest BCUT2D eigenvalue weighted by molar-refractivity contribution is -0.139. The summed E-state index contributed by atoms with van der Waals surface area (Å²) in [4.78, 5) is 13.5. The minimum Gasteiger partial charge on any atom is -0.493 e. The molecular formula is C17H22F3NO3. The van der Waals surface area contributed by atoms with Crippen molar-refractivity contribution < 1.29 is 27.4 Å². The Labute approximate surface area is 139 Å². The second-order valence-corrected chi connectivity index (χ2v) is 6.89. The topological polar surface area (TPSA) is 38.8 Å². The van der Waals surface area contributed by atoms with E-state index in [1.807, 2.05) is 0 Å². The Bertz CT molecular complexity index is 581. The third kappa shape index (κ3) is 5.04. The smallest absolute Gasteiger partial charge is 0.419 e. The summed E-state index contributed by atoms with van der Waals surface area (Å²) in [6.45, 7) is 6.43. The van der Waals surface area contributed by atoms with Crippen molar-refractivity contribution >= 4 is 6.09 Å². The number of alkyl halides is 3. The van der Waals surface area contributed by atoms with Gasteiger partial charge in [-0.25, -0.2) is 4.79 Å². The van der Waals surface area contributed by atoms with Crippen molar-refractivity contribution in [2.75, 3.05) is 19.7 Å². The van der Waals surface area contributed by atoms with E-state index in [0.717, 1.165) is 6.07 Å². The average molecular weight is 345 g/mol. The summed E-state index contributed by atoms with van der Waals surface area (Å²) in [6, 6.07) is 5.14. The summed E-state index contributed by atoms with van der Waals surface area (Å²) >= 11 is 0. The number of amides is 1. The molecule has 0 aromatic heterocycles. The Morgan fingerprint density at radius 2 is 1.92 bits per heavy atom. The molecule has 1 aliphatic rings. The molecule has 1 aromatic rings. The maximum atomic E-state index is 12.9. The van der Waals surface area contributed by atoms with Crippen LogP contribution in [0.3, 0.4) is 0 Å². The first-order chi connectivity index (χ1) is 11.1. The molecule has 134 valence electrons. The van der Waals surface area contributed by atoms with Crippen molar-refractivity contribution in [3.63, 3.8) is 0 Å². The molecule has 7 heteroatoms. The van der Waals surface area contributed by atoms with E-state index in [9.17, 15) is 18.0 Å². The molecule has 0 bridgehead atoms. The van der Waals surface area contributed by atoms with Crippen LogP contribution in [0.25, 0.3) is 0 Å². The zero-order valence-electron chi connectivity index (χ0n) is 14.0. The van der Waals surface area contributed by atoms with Gasteiger partial charge in [0.05, 0.1) is 12.2 Å². The van der Waals surface area contributed by atoms with E-state index in [1.54, 1.807) is 25.7 Å². The number of benzene rings is 1. The van der Waals surface area contributed by atoms with Gasteiger partial charge >= 0.3 is 12.3 Å². The fourth-order valence-electron chi connectivity index (χ4n) is 2.50. The van der Waals surface area contributed by atoms with Gasteiger partial charge in [-0.15, -0.1) is 0 Å². The van der Waals surface area contributed by atoms with E-state index in [2.05, 4.69) is 0 Å². The SMILES string of the molecule is CC(C)(C)OC(=O)N1CC[C@H](COc2ccccc2C(F)(F)F)C1. The van der Waals surface area contributed by atoms with Crippen LogP contribution in [0.2, 0.25) is 0 Å². The molecule has 1 aliphatic heterocycles. The van der Waals surface area contributed by atoms with E-state index < -0.39 is 23.4 Å². The number of carbonyl (C=O) groups is 1. The van der Waals surface area contributed by atoms with Crippen molar-refractivity contribution in [2.24, 2.45) is 5.92 Å². The number of hydrogen-bond acceptors (Lipinski definition) is 3. The van der Waals surface area contributed by atoms with Crippen molar-refractivity contribution in [2.45, 2.75) is 39.0 Å². The van der Waals surface area contributed by atoms with E-state index in [0.29, 0.717) is 19.5 Å². The van der Waals surface area contributed by atoms with Gasteiger partial charge in [0, 0.05) is 19.0 Å². The number of carbonyl (C=O) groups excluding carboxylic acids is 1. The zero-order valence-corrected chi connectivity index (χ0v) is 14.0. The summed E-state index contributed by atoms with van der Waals surface area (Å²) in [5.41, 5.74) is -1.36. The van der Waals surface area contributed by atoms with Gasteiger partial charge in [0.1, 0.15) is 11.4 Å². The van der Waals surface area contributed by atoms with Gasteiger partial charge in [-0.05, 0) is 39.3 Å². The van der Waals surface area contributed by atoms with Gasteiger partial charge in [0.2, 0.25) is 0 Å². The monoisotopic (exact) mass is 345 g/mol. The van der Waals surface area contributed by atoms with Crippen LogP contribution in [0.1, 0.15) is 32.8 Å². The van der Waals surface area contributed by atoms with Crippen LogP contribution in [0.4, 0.5) is 18.0 Å². The molecule has 1 amide bonds. The molecule has 1 saturated heterocycles. The molecule has 0 spiro atoms. The maximum Gasteiger partial charge on any atom is 0.419 e. The minimum absolute atomic E-state index is 0.0150. The van der Waals surface area contributed by atoms with Gasteiger partial charge in [0.25, 0.3) is 0 Å². The number of nitrogens with zero attached hydrogens (tertiary/aromatic N) is 1. The summed E-state index contributed by atoms with van der Waals surface area (Å²) in [7, 11) is 0. The molecule has 0 N–H and O–H groups in total. The molecule has 0 radical (unpaired) electrons. The molecule has 1 fully saturated rings. The molecule has 24 heavy (non-hydrogen) atoms. The summed E-state index contributed by atoms with van der Waals surface area (Å²) < 4.78 is 49.4. The first kappa shape index (κ1) is 18.4. The van der Waals surface area contributed by atoms with Crippen molar-refractivity contribution in [1.82, 2.24) is 4.90 Å². The van der Waals surface area contributed by atoms with Crippen LogP contribution in [0, 0.1) is 5.92 Å². The molecule has 1 heterocycles. The van der Waals surface area contributed by atoms with Gasteiger partial charge in [-0.2, -0.15) is 13.2 Å². The van der Waals surface area contributed by atoms with Crippen LogP contribution < -0.4 is 4.74 Å². The summed E-state index contributed by atoms with van der Waals surface area (Å²) in [6.07, 6.45) is -4.18. The molecule has 0 aliphatic carbocycles.